The number of aliphatic hydroxyl groups is 2. The molecular formula is C12H18N4O5. The fourth-order valence-electron chi connectivity index (χ4n) is 2.13. The van der Waals surface area contributed by atoms with E-state index in [1.54, 1.807) is 0 Å². The Morgan fingerprint density at radius 1 is 1.67 bits per heavy atom. The normalized spacial score (nSPS) is 25.0. The Bertz CT molecular complexity index is 588. The van der Waals surface area contributed by atoms with Crippen molar-refractivity contribution in [2.75, 3.05) is 12.3 Å². The van der Waals surface area contributed by atoms with Gasteiger partial charge in [-0.05, 0) is 0 Å². The van der Waals surface area contributed by atoms with Gasteiger partial charge in [0, 0.05) is 31.6 Å². The second kappa shape index (κ2) is 6.20. The Hall–Kier alpha value is -1.97. The highest BCUT2D eigenvalue weighted by Crippen LogP contribution is 2.27. The molecule has 116 valence electrons. The maximum absolute atomic E-state index is 11.9. The van der Waals surface area contributed by atoms with E-state index in [1.807, 2.05) is 0 Å². The third kappa shape index (κ3) is 3.38. The van der Waals surface area contributed by atoms with E-state index < -0.39 is 24.1 Å². The molecular weight excluding hydrogens is 280 g/mol. The molecule has 0 aliphatic carbocycles. The van der Waals surface area contributed by atoms with Crippen molar-refractivity contribution in [1.29, 1.82) is 0 Å². The summed E-state index contributed by atoms with van der Waals surface area (Å²) in [7, 11) is 0. The minimum atomic E-state index is -0.858. The zero-order chi connectivity index (χ0) is 15.6. The first-order chi connectivity index (χ1) is 9.92. The van der Waals surface area contributed by atoms with Crippen molar-refractivity contribution in [1.82, 2.24) is 14.9 Å². The second-order valence-electron chi connectivity index (χ2n) is 4.87. The maximum Gasteiger partial charge on any atom is 0.351 e. The van der Waals surface area contributed by atoms with Gasteiger partial charge in [-0.25, -0.2) is 4.79 Å². The lowest BCUT2D eigenvalue weighted by Gasteiger charge is -2.16. The number of carbonyl (C=O) groups excluding carboxylic acids is 1. The van der Waals surface area contributed by atoms with Gasteiger partial charge in [0.1, 0.15) is 18.1 Å². The average Bonchev–Trinajstić information content (AvgIpc) is 2.78. The quantitative estimate of drug-likeness (QED) is 0.509. The number of aromatic nitrogens is 2. The zero-order valence-corrected chi connectivity index (χ0v) is 11.5. The van der Waals surface area contributed by atoms with Crippen LogP contribution in [0.1, 0.15) is 25.1 Å². The molecule has 5 N–H and O–H groups in total. The number of nitrogens with zero attached hydrogens (tertiary/aromatic N) is 2. The van der Waals surface area contributed by atoms with Crippen LogP contribution in [-0.2, 0) is 16.1 Å². The molecule has 0 aromatic carbocycles. The molecule has 1 amide bonds. The molecule has 1 fully saturated rings. The van der Waals surface area contributed by atoms with Crippen LogP contribution in [0.15, 0.2) is 11.0 Å². The van der Waals surface area contributed by atoms with Crippen LogP contribution in [0.5, 0.6) is 0 Å². The van der Waals surface area contributed by atoms with Crippen molar-refractivity contribution in [2.24, 2.45) is 0 Å². The summed E-state index contributed by atoms with van der Waals surface area (Å²) >= 11 is 0. The van der Waals surface area contributed by atoms with Gasteiger partial charge in [0.15, 0.2) is 0 Å². The van der Waals surface area contributed by atoms with Gasteiger partial charge in [-0.3, -0.25) is 9.36 Å². The second-order valence-corrected chi connectivity index (χ2v) is 4.87. The molecule has 2 rings (SSSR count). The van der Waals surface area contributed by atoms with E-state index in [0.29, 0.717) is 5.56 Å². The van der Waals surface area contributed by atoms with Crippen LogP contribution in [0.3, 0.4) is 0 Å². The number of nitrogen functional groups attached to an aromatic ring is 1. The van der Waals surface area contributed by atoms with E-state index in [9.17, 15) is 14.7 Å². The molecule has 9 heteroatoms. The third-order valence-corrected chi connectivity index (χ3v) is 3.28. The predicted octanol–water partition coefficient (Wildman–Crippen LogP) is -1.90. The minimum absolute atomic E-state index is 0.0299. The van der Waals surface area contributed by atoms with Gasteiger partial charge < -0.3 is 26.0 Å². The number of ether oxygens (including phenoxy) is 1. The van der Waals surface area contributed by atoms with Crippen molar-refractivity contribution < 1.29 is 19.7 Å². The van der Waals surface area contributed by atoms with E-state index in [1.165, 1.54) is 17.7 Å². The smallest absolute Gasteiger partial charge is 0.351 e. The fourth-order valence-corrected chi connectivity index (χ4v) is 2.13. The van der Waals surface area contributed by atoms with Gasteiger partial charge in [-0.2, -0.15) is 4.98 Å². The number of hydrogen-bond acceptors (Lipinski definition) is 7. The van der Waals surface area contributed by atoms with Crippen LogP contribution in [0.25, 0.3) is 0 Å². The first-order valence-electron chi connectivity index (χ1n) is 6.48. The first-order valence-corrected chi connectivity index (χ1v) is 6.48. The van der Waals surface area contributed by atoms with Gasteiger partial charge >= 0.3 is 5.69 Å². The summed E-state index contributed by atoms with van der Waals surface area (Å²) in [5, 5.41) is 21.3. The minimum Gasteiger partial charge on any atom is -0.394 e. The SMILES string of the molecule is CC(=O)NCc1cn([C@H]2CC(O)[C@@H](CO)O2)c(=O)nc1N. The van der Waals surface area contributed by atoms with Crippen LogP contribution in [-0.4, -0.2) is 44.5 Å². The fraction of sp³-hybridized carbons (Fsp3) is 0.583. The van der Waals surface area contributed by atoms with Crippen LogP contribution in [0.2, 0.25) is 0 Å². The van der Waals surface area contributed by atoms with Crippen LogP contribution in [0.4, 0.5) is 5.82 Å². The Morgan fingerprint density at radius 2 is 2.38 bits per heavy atom. The number of anilines is 1. The molecule has 0 bridgehead atoms. The lowest BCUT2D eigenvalue weighted by Crippen LogP contribution is -2.30. The van der Waals surface area contributed by atoms with Crippen molar-refractivity contribution in [3.63, 3.8) is 0 Å². The molecule has 3 atom stereocenters. The standard InChI is InChI=1S/C12H18N4O5/c1-6(18)14-3-7-4-16(12(20)15-11(7)13)10-2-8(19)9(5-17)21-10/h4,8-10,17,19H,2-3,5H2,1H3,(H,14,18)(H2,13,15,20)/t8?,9-,10-/m1/s1. The van der Waals surface area contributed by atoms with Crippen molar-refractivity contribution in [3.05, 3.63) is 22.2 Å². The Labute approximate surface area is 120 Å². The van der Waals surface area contributed by atoms with Crippen molar-refractivity contribution >= 4 is 11.7 Å². The number of nitrogens with one attached hydrogen (secondary N) is 1. The number of nitrogens with two attached hydrogens (primary N) is 1. The van der Waals surface area contributed by atoms with E-state index in [0.717, 1.165) is 0 Å². The number of hydrogen-bond donors (Lipinski definition) is 4. The monoisotopic (exact) mass is 298 g/mol. The largest absolute Gasteiger partial charge is 0.394 e. The van der Waals surface area contributed by atoms with Gasteiger partial charge in [0.2, 0.25) is 5.91 Å². The van der Waals surface area contributed by atoms with Crippen LogP contribution in [0, 0.1) is 0 Å². The van der Waals surface area contributed by atoms with E-state index in [4.69, 9.17) is 15.6 Å². The lowest BCUT2D eigenvalue weighted by atomic mass is 10.2. The Balaban J connectivity index is 2.25. The van der Waals surface area contributed by atoms with Crippen molar-refractivity contribution in [2.45, 2.75) is 38.3 Å². The van der Waals surface area contributed by atoms with Crippen LogP contribution >= 0.6 is 0 Å². The third-order valence-electron chi connectivity index (χ3n) is 3.28. The number of aliphatic hydroxyl groups excluding tert-OH is 2. The summed E-state index contributed by atoms with van der Waals surface area (Å²) in [6, 6.07) is 0. The van der Waals surface area contributed by atoms with Gasteiger partial charge in [-0.1, -0.05) is 0 Å². The summed E-state index contributed by atoms with van der Waals surface area (Å²) in [6.45, 7) is 1.16. The van der Waals surface area contributed by atoms with Crippen LogP contribution < -0.4 is 16.7 Å². The molecule has 0 radical (unpaired) electrons. The summed E-state index contributed by atoms with van der Waals surface area (Å²) in [6.07, 6.45) is -0.719. The zero-order valence-electron chi connectivity index (χ0n) is 11.5. The van der Waals surface area contributed by atoms with Gasteiger partial charge in [-0.15, -0.1) is 0 Å². The molecule has 1 aliphatic rings. The number of amides is 1. The number of rotatable bonds is 4. The number of carbonyl (C=O) groups is 1. The highest BCUT2D eigenvalue weighted by Gasteiger charge is 2.35. The maximum atomic E-state index is 11.9. The topological polar surface area (TPSA) is 140 Å². The highest BCUT2D eigenvalue weighted by molar-refractivity contribution is 5.72. The summed E-state index contributed by atoms with van der Waals surface area (Å²) in [5.41, 5.74) is 5.50. The molecule has 1 aliphatic heterocycles. The molecule has 1 aromatic heterocycles. The molecule has 9 nitrogen and oxygen atoms in total. The van der Waals surface area contributed by atoms with Gasteiger partial charge in [0.25, 0.3) is 0 Å². The van der Waals surface area contributed by atoms with Crippen molar-refractivity contribution in [3.8, 4) is 0 Å². The first kappa shape index (κ1) is 15.4. The summed E-state index contributed by atoms with van der Waals surface area (Å²) in [5.74, 6) is -0.206. The molecule has 1 unspecified atom stereocenters. The molecule has 0 spiro atoms. The van der Waals surface area contributed by atoms with E-state index in [2.05, 4.69) is 10.3 Å². The van der Waals surface area contributed by atoms with E-state index >= 15 is 0 Å². The Kier molecular flexibility index (Phi) is 4.56. The average molecular weight is 298 g/mol. The summed E-state index contributed by atoms with van der Waals surface area (Å²) < 4.78 is 6.61. The molecule has 2 heterocycles. The molecule has 0 saturated carbocycles. The van der Waals surface area contributed by atoms with E-state index in [-0.39, 0.29) is 31.3 Å². The molecule has 21 heavy (non-hydrogen) atoms. The summed E-state index contributed by atoms with van der Waals surface area (Å²) in [4.78, 5) is 26.5. The highest BCUT2D eigenvalue weighted by atomic mass is 16.5. The Morgan fingerprint density at radius 3 is 2.95 bits per heavy atom. The predicted molar refractivity (Wildman–Crippen MR) is 72.0 cm³/mol. The molecule has 1 aromatic rings. The lowest BCUT2D eigenvalue weighted by molar-refractivity contribution is -0.119. The van der Waals surface area contributed by atoms with Gasteiger partial charge in [0.05, 0.1) is 12.7 Å². The molecule has 1 saturated heterocycles.